The zero-order valence-electron chi connectivity index (χ0n) is 8.93. The van der Waals surface area contributed by atoms with E-state index < -0.39 is 0 Å². The lowest BCUT2D eigenvalue weighted by atomic mass is 10.3. The fraction of sp³-hybridized carbons (Fsp3) is 0.364. The highest BCUT2D eigenvalue weighted by Gasteiger charge is 2.03. The van der Waals surface area contributed by atoms with Gasteiger partial charge in [0.15, 0.2) is 0 Å². The van der Waals surface area contributed by atoms with Crippen LogP contribution in [0.5, 0.6) is 0 Å². The van der Waals surface area contributed by atoms with E-state index in [1.807, 2.05) is 18.2 Å². The Morgan fingerprint density at radius 3 is 2.94 bits per heavy atom. The van der Waals surface area contributed by atoms with Crippen molar-refractivity contribution in [1.82, 2.24) is 0 Å². The molecule has 0 spiro atoms. The van der Waals surface area contributed by atoms with Crippen molar-refractivity contribution >= 4 is 45.8 Å². The number of nitrogens with one attached hydrogen (secondary N) is 1. The van der Waals surface area contributed by atoms with Gasteiger partial charge in [-0.25, -0.2) is 0 Å². The van der Waals surface area contributed by atoms with E-state index in [-0.39, 0.29) is 5.97 Å². The molecule has 0 saturated carbocycles. The number of rotatable bonds is 5. The summed E-state index contributed by atoms with van der Waals surface area (Å²) in [5.41, 5.74) is 0.981. The van der Waals surface area contributed by atoms with Crippen LogP contribution in [0.4, 0.5) is 5.69 Å². The van der Waals surface area contributed by atoms with Crippen molar-refractivity contribution in [3.8, 4) is 0 Å². The average molecular weight is 354 g/mol. The Balaban J connectivity index is 2.40. The van der Waals surface area contributed by atoms with Crippen molar-refractivity contribution in [2.45, 2.75) is 13.3 Å². The van der Waals surface area contributed by atoms with Crippen molar-refractivity contribution in [3.63, 3.8) is 0 Å². The second-order valence-corrected chi connectivity index (χ2v) is 4.70. The number of hydrogen-bond acceptors (Lipinski definition) is 3. The van der Waals surface area contributed by atoms with Gasteiger partial charge < -0.3 is 10.1 Å². The van der Waals surface area contributed by atoms with Crippen LogP contribution in [0.15, 0.2) is 18.2 Å². The fourth-order valence-corrected chi connectivity index (χ4v) is 2.23. The summed E-state index contributed by atoms with van der Waals surface area (Å²) < 4.78 is 5.86. The molecule has 0 amide bonds. The third-order valence-electron chi connectivity index (χ3n) is 1.88. The van der Waals surface area contributed by atoms with E-state index in [1.165, 1.54) is 0 Å². The summed E-state index contributed by atoms with van der Waals surface area (Å²) in [4.78, 5) is 11.1. The van der Waals surface area contributed by atoms with Crippen LogP contribution < -0.4 is 5.32 Å². The number of hydrogen-bond donors (Lipinski definition) is 1. The molecular weight excluding hydrogens is 340 g/mol. The van der Waals surface area contributed by atoms with Crippen LogP contribution in [-0.4, -0.2) is 19.1 Å². The monoisotopic (exact) mass is 353 g/mol. The molecule has 1 rings (SSSR count). The second-order valence-electron chi connectivity index (χ2n) is 3.11. The van der Waals surface area contributed by atoms with E-state index in [0.29, 0.717) is 24.6 Å². The molecule has 0 heterocycles. The smallest absolute Gasteiger partial charge is 0.307 e. The average Bonchev–Trinajstić information content (AvgIpc) is 2.22. The number of ether oxygens (including phenoxy) is 1. The van der Waals surface area contributed by atoms with Crippen molar-refractivity contribution in [2.75, 3.05) is 18.5 Å². The highest BCUT2D eigenvalue weighted by atomic mass is 127. The Morgan fingerprint density at radius 2 is 2.31 bits per heavy atom. The second kappa shape index (κ2) is 6.96. The summed E-state index contributed by atoms with van der Waals surface area (Å²) in [6.45, 7) is 2.79. The zero-order chi connectivity index (χ0) is 12.0. The predicted molar refractivity (Wildman–Crippen MR) is 73.9 cm³/mol. The van der Waals surface area contributed by atoms with E-state index >= 15 is 0 Å². The molecule has 1 N–H and O–H groups in total. The lowest BCUT2D eigenvalue weighted by Crippen LogP contribution is -2.11. The van der Waals surface area contributed by atoms with E-state index in [4.69, 9.17) is 16.3 Å². The molecule has 0 saturated heterocycles. The summed E-state index contributed by atoms with van der Waals surface area (Å²) >= 11 is 8.03. The third kappa shape index (κ3) is 4.57. The molecule has 0 aliphatic heterocycles. The molecular formula is C11H13ClINO2. The van der Waals surface area contributed by atoms with Gasteiger partial charge in [-0.05, 0) is 47.7 Å². The van der Waals surface area contributed by atoms with Gasteiger partial charge >= 0.3 is 5.97 Å². The summed E-state index contributed by atoms with van der Waals surface area (Å²) in [6, 6.07) is 5.58. The summed E-state index contributed by atoms with van der Waals surface area (Å²) in [6.07, 6.45) is 0.368. The van der Waals surface area contributed by atoms with Gasteiger partial charge in [-0.15, -0.1) is 0 Å². The lowest BCUT2D eigenvalue weighted by molar-refractivity contribution is -0.142. The van der Waals surface area contributed by atoms with Gasteiger partial charge in [0.05, 0.1) is 13.0 Å². The molecule has 88 valence electrons. The predicted octanol–water partition coefficient (Wildman–Crippen LogP) is 3.31. The van der Waals surface area contributed by atoms with E-state index in [9.17, 15) is 4.79 Å². The Kier molecular flexibility index (Phi) is 5.90. The Morgan fingerprint density at radius 1 is 1.56 bits per heavy atom. The molecule has 0 fully saturated rings. The molecule has 0 bridgehead atoms. The molecule has 0 radical (unpaired) electrons. The van der Waals surface area contributed by atoms with Gasteiger partial charge in [0.25, 0.3) is 0 Å². The van der Waals surface area contributed by atoms with Gasteiger partial charge in [-0.2, -0.15) is 0 Å². The minimum atomic E-state index is -0.182. The molecule has 0 unspecified atom stereocenters. The lowest BCUT2D eigenvalue weighted by Gasteiger charge is -2.08. The number of halogens is 2. The minimum Gasteiger partial charge on any atom is -0.466 e. The van der Waals surface area contributed by atoms with Gasteiger partial charge in [-0.1, -0.05) is 11.6 Å². The standard InChI is InChI=1S/C11H13ClINO2/c1-2-16-11(15)5-6-14-10-4-3-8(12)7-9(10)13/h3-4,7,14H,2,5-6H2,1H3. The molecule has 0 aliphatic carbocycles. The largest absolute Gasteiger partial charge is 0.466 e. The number of carbonyl (C=O) groups is 1. The zero-order valence-corrected chi connectivity index (χ0v) is 11.8. The SMILES string of the molecule is CCOC(=O)CCNc1ccc(Cl)cc1I. The highest BCUT2D eigenvalue weighted by molar-refractivity contribution is 14.1. The van der Waals surface area contributed by atoms with E-state index in [0.717, 1.165) is 9.26 Å². The Bertz CT molecular complexity index is 371. The number of benzene rings is 1. The first-order valence-electron chi connectivity index (χ1n) is 4.98. The van der Waals surface area contributed by atoms with Crippen LogP contribution >= 0.6 is 34.2 Å². The maximum atomic E-state index is 11.1. The van der Waals surface area contributed by atoms with Crippen LogP contribution in [-0.2, 0) is 9.53 Å². The van der Waals surface area contributed by atoms with Gasteiger partial charge in [0, 0.05) is 20.8 Å². The molecule has 1 aromatic rings. The quantitative estimate of drug-likeness (QED) is 0.652. The molecule has 0 aliphatic rings. The first-order valence-corrected chi connectivity index (χ1v) is 6.43. The normalized spacial score (nSPS) is 9.94. The highest BCUT2D eigenvalue weighted by Crippen LogP contribution is 2.22. The topological polar surface area (TPSA) is 38.3 Å². The molecule has 0 atom stereocenters. The van der Waals surface area contributed by atoms with Crippen LogP contribution in [0.1, 0.15) is 13.3 Å². The molecule has 5 heteroatoms. The Labute approximate surface area is 114 Å². The molecule has 16 heavy (non-hydrogen) atoms. The van der Waals surface area contributed by atoms with Gasteiger partial charge in [0.1, 0.15) is 0 Å². The van der Waals surface area contributed by atoms with Crippen LogP contribution in [0.3, 0.4) is 0 Å². The summed E-state index contributed by atoms with van der Waals surface area (Å²) in [5.74, 6) is -0.182. The van der Waals surface area contributed by atoms with Gasteiger partial charge in [0.2, 0.25) is 0 Å². The number of carbonyl (C=O) groups excluding carboxylic acids is 1. The van der Waals surface area contributed by atoms with Crippen LogP contribution in [0, 0.1) is 3.57 Å². The maximum absolute atomic E-state index is 11.1. The van der Waals surface area contributed by atoms with Crippen molar-refractivity contribution in [1.29, 1.82) is 0 Å². The Hall–Kier alpha value is -0.490. The summed E-state index contributed by atoms with van der Waals surface area (Å²) in [5, 5.41) is 3.87. The van der Waals surface area contributed by atoms with E-state index in [2.05, 4.69) is 27.9 Å². The van der Waals surface area contributed by atoms with Crippen LogP contribution in [0.2, 0.25) is 5.02 Å². The van der Waals surface area contributed by atoms with E-state index in [1.54, 1.807) is 6.92 Å². The number of anilines is 1. The van der Waals surface area contributed by atoms with Crippen molar-refractivity contribution < 1.29 is 9.53 Å². The first-order chi connectivity index (χ1) is 7.63. The molecule has 3 nitrogen and oxygen atoms in total. The summed E-state index contributed by atoms with van der Waals surface area (Å²) in [7, 11) is 0. The third-order valence-corrected chi connectivity index (χ3v) is 3.01. The number of esters is 1. The minimum absolute atomic E-state index is 0.182. The maximum Gasteiger partial charge on any atom is 0.307 e. The molecule has 1 aromatic carbocycles. The first kappa shape index (κ1) is 13.6. The van der Waals surface area contributed by atoms with Crippen molar-refractivity contribution in [2.24, 2.45) is 0 Å². The van der Waals surface area contributed by atoms with Gasteiger partial charge in [-0.3, -0.25) is 4.79 Å². The van der Waals surface area contributed by atoms with Crippen LogP contribution in [0.25, 0.3) is 0 Å². The molecule has 0 aromatic heterocycles. The van der Waals surface area contributed by atoms with Crippen molar-refractivity contribution in [3.05, 3.63) is 26.8 Å². The fourth-order valence-electron chi connectivity index (χ4n) is 1.17.